The average molecular weight is 312 g/mol. The van der Waals surface area contributed by atoms with Gasteiger partial charge in [0.15, 0.2) is 0 Å². The number of hydrogen-bond donors (Lipinski definition) is 1. The minimum Gasteiger partial charge on any atom is -0.330 e. The summed E-state index contributed by atoms with van der Waals surface area (Å²) in [6, 6.07) is 8.59. The summed E-state index contributed by atoms with van der Waals surface area (Å²) in [5.74, 6) is 0. The third-order valence-electron chi connectivity index (χ3n) is 3.44. The summed E-state index contributed by atoms with van der Waals surface area (Å²) in [6.45, 7) is 7.69. The van der Waals surface area contributed by atoms with Crippen LogP contribution in [0.5, 0.6) is 0 Å². The molecule has 1 aromatic carbocycles. The topological polar surface area (TPSA) is 32.5 Å². The Kier molecular flexibility index (Phi) is 5.63. The number of halogens is 1. The summed E-state index contributed by atoms with van der Waals surface area (Å²) in [6.07, 6.45) is 1.12. The monoisotopic (exact) mass is 311 g/mol. The zero-order valence-electron chi connectivity index (χ0n) is 10.8. The van der Waals surface area contributed by atoms with Crippen molar-refractivity contribution >= 4 is 15.9 Å². The molecule has 1 fully saturated rings. The van der Waals surface area contributed by atoms with E-state index in [0.29, 0.717) is 0 Å². The Balaban J connectivity index is 1.76. The number of hydrogen-bond acceptors (Lipinski definition) is 3. The van der Waals surface area contributed by atoms with Crippen LogP contribution in [0.25, 0.3) is 0 Å². The van der Waals surface area contributed by atoms with Crippen molar-refractivity contribution in [2.75, 3.05) is 39.3 Å². The number of nitrogens with zero attached hydrogens (tertiary/aromatic N) is 2. The van der Waals surface area contributed by atoms with E-state index < -0.39 is 0 Å². The molecule has 0 amide bonds. The molecule has 0 aliphatic carbocycles. The first kappa shape index (κ1) is 14.0. The van der Waals surface area contributed by atoms with Crippen molar-refractivity contribution < 1.29 is 0 Å². The summed E-state index contributed by atoms with van der Waals surface area (Å²) in [5.41, 5.74) is 6.94. The lowest BCUT2D eigenvalue weighted by Gasteiger charge is -2.34. The molecule has 0 spiro atoms. The summed E-state index contributed by atoms with van der Waals surface area (Å²) in [5, 5.41) is 0. The van der Waals surface area contributed by atoms with Crippen molar-refractivity contribution in [2.24, 2.45) is 5.73 Å². The molecule has 100 valence electrons. The molecule has 0 radical (unpaired) electrons. The van der Waals surface area contributed by atoms with Crippen molar-refractivity contribution in [1.29, 1.82) is 0 Å². The second-order valence-corrected chi connectivity index (χ2v) is 5.81. The molecule has 1 heterocycles. The summed E-state index contributed by atoms with van der Waals surface area (Å²) < 4.78 is 1.17. The highest BCUT2D eigenvalue weighted by molar-refractivity contribution is 9.10. The Bertz CT molecular complexity index is 362. The van der Waals surface area contributed by atoms with Gasteiger partial charge in [-0.05, 0) is 37.2 Å². The van der Waals surface area contributed by atoms with Crippen LogP contribution in [0, 0.1) is 0 Å². The predicted octanol–water partition coefficient (Wildman–Crippen LogP) is 1.92. The van der Waals surface area contributed by atoms with E-state index in [1.165, 1.54) is 23.1 Å². The number of nitrogens with two attached hydrogens (primary N) is 1. The highest BCUT2D eigenvalue weighted by Gasteiger charge is 2.16. The molecule has 2 rings (SSSR count). The molecule has 0 saturated carbocycles. The summed E-state index contributed by atoms with van der Waals surface area (Å²) in [7, 11) is 0. The van der Waals surface area contributed by atoms with Gasteiger partial charge in [-0.25, -0.2) is 0 Å². The molecule has 1 aliphatic rings. The summed E-state index contributed by atoms with van der Waals surface area (Å²) in [4.78, 5) is 5.05. The van der Waals surface area contributed by atoms with E-state index in [1.54, 1.807) is 0 Å². The smallest absolute Gasteiger partial charge is 0.0235 e. The minimum absolute atomic E-state index is 0.804. The van der Waals surface area contributed by atoms with Crippen LogP contribution in [-0.4, -0.2) is 49.1 Å². The number of benzene rings is 1. The molecule has 0 aromatic heterocycles. The molecule has 1 saturated heterocycles. The molecule has 0 atom stereocenters. The van der Waals surface area contributed by atoms with Crippen LogP contribution in [0.2, 0.25) is 0 Å². The van der Waals surface area contributed by atoms with Crippen LogP contribution >= 0.6 is 15.9 Å². The first-order valence-corrected chi connectivity index (χ1v) is 7.46. The lowest BCUT2D eigenvalue weighted by Crippen LogP contribution is -2.46. The van der Waals surface area contributed by atoms with Crippen molar-refractivity contribution in [1.82, 2.24) is 9.80 Å². The van der Waals surface area contributed by atoms with Gasteiger partial charge < -0.3 is 10.6 Å². The molecule has 18 heavy (non-hydrogen) atoms. The van der Waals surface area contributed by atoms with Crippen LogP contribution in [0.3, 0.4) is 0 Å². The van der Waals surface area contributed by atoms with Crippen molar-refractivity contribution in [3.8, 4) is 0 Å². The maximum absolute atomic E-state index is 5.55. The van der Waals surface area contributed by atoms with Gasteiger partial charge in [0.1, 0.15) is 0 Å². The standard InChI is InChI=1S/C14H22BrN3/c15-14-4-1-3-13(11-14)12-18-9-7-17(8-10-18)6-2-5-16/h1,3-4,11H,2,5-10,12,16H2. The van der Waals surface area contributed by atoms with E-state index in [-0.39, 0.29) is 0 Å². The lowest BCUT2D eigenvalue weighted by atomic mass is 10.2. The normalized spacial score (nSPS) is 18.1. The Hall–Kier alpha value is -0.420. The van der Waals surface area contributed by atoms with E-state index in [1.807, 2.05) is 0 Å². The van der Waals surface area contributed by atoms with Crippen molar-refractivity contribution in [3.05, 3.63) is 34.3 Å². The van der Waals surface area contributed by atoms with Gasteiger partial charge in [-0.2, -0.15) is 0 Å². The van der Waals surface area contributed by atoms with E-state index >= 15 is 0 Å². The molecule has 1 aliphatic heterocycles. The van der Waals surface area contributed by atoms with Gasteiger partial charge in [0.25, 0.3) is 0 Å². The first-order valence-electron chi connectivity index (χ1n) is 6.67. The highest BCUT2D eigenvalue weighted by Crippen LogP contribution is 2.14. The maximum Gasteiger partial charge on any atom is 0.0235 e. The van der Waals surface area contributed by atoms with Gasteiger partial charge >= 0.3 is 0 Å². The van der Waals surface area contributed by atoms with E-state index in [9.17, 15) is 0 Å². The van der Waals surface area contributed by atoms with E-state index in [2.05, 4.69) is 50.0 Å². The fourth-order valence-electron chi connectivity index (χ4n) is 2.38. The van der Waals surface area contributed by atoms with Gasteiger partial charge in [0.2, 0.25) is 0 Å². The zero-order valence-corrected chi connectivity index (χ0v) is 12.4. The molecule has 0 unspecified atom stereocenters. The van der Waals surface area contributed by atoms with E-state index in [0.717, 1.165) is 39.1 Å². The third kappa shape index (κ3) is 4.35. The van der Waals surface area contributed by atoms with Gasteiger partial charge in [0, 0.05) is 37.2 Å². The third-order valence-corrected chi connectivity index (χ3v) is 3.93. The molecular formula is C14H22BrN3. The lowest BCUT2D eigenvalue weighted by molar-refractivity contribution is 0.127. The highest BCUT2D eigenvalue weighted by atomic mass is 79.9. The van der Waals surface area contributed by atoms with Crippen LogP contribution in [0.4, 0.5) is 0 Å². The second-order valence-electron chi connectivity index (χ2n) is 4.89. The molecule has 2 N–H and O–H groups in total. The fourth-order valence-corrected chi connectivity index (χ4v) is 2.83. The molecule has 3 nitrogen and oxygen atoms in total. The largest absolute Gasteiger partial charge is 0.330 e. The fraction of sp³-hybridized carbons (Fsp3) is 0.571. The maximum atomic E-state index is 5.55. The van der Waals surface area contributed by atoms with Gasteiger partial charge in [-0.15, -0.1) is 0 Å². The number of piperazine rings is 1. The molecular weight excluding hydrogens is 290 g/mol. The first-order chi connectivity index (χ1) is 8.78. The quantitative estimate of drug-likeness (QED) is 0.901. The van der Waals surface area contributed by atoms with Gasteiger partial charge in [0.05, 0.1) is 0 Å². The second kappa shape index (κ2) is 7.24. The van der Waals surface area contributed by atoms with Crippen LogP contribution in [-0.2, 0) is 6.54 Å². The van der Waals surface area contributed by atoms with Crippen molar-refractivity contribution in [3.63, 3.8) is 0 Å². The number of rotatable bonds is 5. The van der Waals surface area contributed by atoms with Crippen LogP contribution in [0.15, 0.2) is 28.7 Å². The Morgan fingerprint density at radius 3 is 2.50 bits per heavy atom. The zero-order chi connectivity index (χ0) is 12.8. The molecule has 0 bridgehead atoms. The Labute approximate surface area is 118 Å². The van der Waals surface area contributed by atoms with Gasteiger partial charge in [-0.1, -0.05) is 28.1 Å². The van der Waals surface area contributed by atoms with Crippen LogP contribution < -0.4 is 5.73 Å². The van der Waals surface area contributed by atoms with Gasteiger partial charge in [-0.3, -0.25) is 4.90 Å². The predicted molar refractivity (Wildman–Crippen MR) is 79.5 cm³/mol. The SMILES string of the molecule is NCCCN1CCN(Cc2cccc(Br)c2)CC1. The van der Waals surface area contributed by atoms with E-state index in [4.69, 9.17) is 5.73 Å². The minimum atomic E-state index is 0.804. The molecule has 1 aromatic rings. The van der Waals surface area contributed by atoms with Crippen molar-refractivity contribution in [2.45, 2.75) is 13.0 Å². The average Bonchev–Trinajstić information content (AvgIpc) is 2.38. The molecule has 4 heteroatoms. The summed E-state index contributed by atoms with van der Waals surface area (Å²) >= 11 is 3.53. The Morgan fingerprint density at radius 1 is 1.11 bits per heavy atom. The Morgan fingerprint density at radius 2 is 1.83 bits per heavy atom. The van der Waals surface area contributed by atoms with Crippen LogP contribution in [0.1, 0.15) is 12.0 Å².